The van der Waals surface area contributed by atoms with Crippen molar-refractivity contribution < 1.29 is 19.2 Å². The van der Waals surface area contributed by atoms with Gasteiger partial charge in [0.1, 0.15) is 18.0 Å². The molecule has 168 valence electrons. The van der Waals surface area contributed by atoms with E-state index in [0.29, 0.717) is 49.1 Å². The van der Waals surface area contributed by atoms with Gasteiger partial charge in [0.25, 0.3) is 5.91 Å². The lowest BCUT2D eigenvalue weighted by Gasteiger charge is -2.50. The highest BCUT2D eigenvalue weighted by atomic mass is 16.2. The Morgan fingerprint density at radius 3 is 2.44 bits per heavy atom. The third-order valence-corrected chi connectivity index (χ3v) is 8.59. The maximum Gasteiger partial charge on any atom is 0.256 e. The summed E-state index contributed by atoms with van der Waals surface area (Å²) in [5, 5.41) is 3.12. The van der Waals surface area contributed by atoms with E-state index in [4.69, 9.17) is 0 Å². The maximum atomic E-state index is 13.0. The van der Waals surface area contributed by atoms with Crippen molar-refractivity contribution >= 4 is 29.4 Å². The number of likely N-dealkylation sites (tertiary alicyclic amines) is 2. The van der Waals surface area contributed by atoms with Gasteiger partial charge < -0.3 is 15.1 Å². The van der Waals surface area contributed by atoms with Gasteiger partial charge in [0.05, 0.1) is 17.4 Å². The van der Waals surface area contributed by atoms with Gasteiger partial charge in [0.2, 0.25) is 17.7 Å². The Morgan fingerprint density at radius 2 is 1.78 bits per heavy atom. The number of carbonyl (C=O) groups excluding carboxylic acids is 4. The molecule has 2 saturated carbocycles. The number of aromatic nitrogens is 1. The molecule has 2 aliphatic carbocycles. The van der Waals surface area contributed by atoms with Crippen molar-refractivity contribution in [3.63, 3.8) is 0 Å². The van der Waals surface area contributed by atoms with Crippen molar-refractivity contribution in [3.05, 3.63) is 23.9 Å². The summed E-state index contributed by atoms with van der Waals surface area (Å²) in [7, 11) is 1.91. The Balaban J connectivity index is 1.13. The zero-order valence-electron chi connectivity index (χ0n) is 18.1. The average molecular weight is 438 g/mol. The molecule has 1 aromatic rings. The van der Waals surface area contributed by atoms with Gasteiger partial charge in [-0.1, -0.05) is 0 Å². The number of fused-ring (bicyclic) bond motifs is 6. The number of anilines is 1. The molecule has 1 N–H and O–H groups in total. The lowest BCUT2D eigenvalue weighted by atomic mass is 9.81. The van der Waals surface area contributed by atoms with Crippen LogP contribution in [0.15, 0.2) is 18.3 Å². The van der Waals surface area contributed by atoms with E-state index in [9.17, 15) is 19.2 Å². The molecule has 1 aromatic heterocycles. The normalized spacial score (nSPS) is 32.4. The van der Waals surface area contributed by atoms with Crippen LogP contribution in [0.3, 0.4) is 0 Å². The molecule has 5 aliphatic rings. The molecule has 3 aliphatic heterocycles. The van der Waals surface area contributed by atoms with Crippen LogP contribution in [0, 0.1) is 23.7 Å². The maximum absolute atomic E-state index is 13.0. The monoisotopic (exact) mass is 437 g/mol. The number of hydrogen-bond acceptors (Lipinski definition) is 6. The van der Waals surface area contributed by atoms with Crippen molar-refractivity contribution in [2.75, 3.05) is 31.6 Å². The molecule has 0 aromatic carbocycles. The number of imide groups is 1. The minimum atomic E-state index is -0.593. The standard InChI is InChI=1S/C23H27N5O4/c1-26-19-15(3-2-8-24-19)20(30)25-23(26)6-9-27(10-7-23)16(29)12-28-21(31)17-13-4-5-14(11-13)18(17)22(28)32/h2-3,8,13-14,17-18H,4-7,9-12H2,1H3,(H,25,30)/t13-,14-,17-,18+/m0/s1. The third-order valence-electron chi connectivity index (χ3n) is 8.59. The third kappa shape index (κ3) is 2.59. The van der Waals surface area contributed by atoms with E-state index >= 15 is 0 Å². The molecule has 0 radical (unpaired) electrons. The number of hydrogen-bond donors (Lipinski definition) is 1. The number of pyridine rings is 1. The summed E-state index contributed by atoms with van der Waals surface area (Å²) in [6, 6.07) is 3.50. The van der Waals surface area contributed by atoms with Crippen LogP contribution < -0.4 is 10.2 Å². The van der Waals surface area contributed by atoms with Crippen molar-refractivity contribution in [2.24, 2.45) is 23.7 Å². The van der Waals surface area contributed by atoms with Crippen LogP contribution in [0.1, 0.15) is 42.5 Å². The Morgan fingerprint density at radius 1 is 1.12 bits per heavy atom. The molecule has 9 heteroatoms. The van der Waals surface area contributed by atoms with Crippen molar-refractivity contribution in [1.29, 1.82) is 0 Å². The summed E-state index contributed by atoms with van der Waals surface area (Å²) < 4.78 is 0. The highest BCUT2D eigenvalue weighted by molar-refractivity contribution is 6.08. The fraction of sp³-hybridized carbons (Fsp3) is 0.609. The number of nitrogens with one attached hydrogen (secondary N) is 1. The van der Waals surface area contributed by atoms with Gasteiger partial charge in [-0.15, -0.1) is 0 Å². The SMILES string of the molecule is CN1c2ncccc2C(=O)NC12CCN(C(=O)CN1C(=O)[C@@H]3[C@H]4CC[C@@H](C4)[C@@H]3C1=O)CC2. The van der Waals surface area contributed by atoms with Crippen molar-refractivity contribution in [3.8, 4) is 0 Å². The van der Waals surface area contributed by atoms with E-state index < -0.39 is 5.66 Å². The lowest BCUT2D eigenvalue weighted by Crippen LogP contribution is -2.67. The van der Waals surface area contributed by atoms with Gasteiger partial charge in [0, 0.05) is 39.2 Å². The minimum absolute atomic E-state index is 0.143. The number of rotatable bonds is 2. The molecule has 2 saturated heterocycles. The lowest BCUT2D eigenvalue weighted by molar-refractivity contribution is -0.147. The van der Waals surface area contributed by atoms with E-state index in [2.05, 4.69) is 10.3 Å². The second-order valence-electron chi connectivity index (χ2n) is 9.95. The number of amides is 4. The molecule has 32 heavy (non-hydrogen) atoms. The minimum Gasteiger partial charge on any atom is -0.341 e. The van der Waals surface area contributed by atoms with E-state index in [1.165, 1.54) is 4.90 Å². The molecular formula is C23H27N5O4. The van der Waals surface area contributed by atoms with Gasteiger partial charge in [-0.3, -0.25) is 24.1 Å². The van der Waals surface area contributed by atoms with Crippen LogP contribution in [-0.4, -0.2) is 70.8 Å². The van der Waals surface area contributed by atoms with Crippen molar-refractivity contribution in [2.45, 2.75) is 37.8 Å². The van der Waals surface area contributed by atoms with Gasteiger partial charge in [-0.05, 0) is 43.2 Å². The molecule has 4 fully saturated rings. The highest BCUT2D eigenvalue weighted by Gasteiger charge is 2.61. The first kappa shape index (κ1) is 19.7. The smallest absolute Gasteiger partial charge is 0.256 e. The molecular weight excluding hydrogens is 410 g/mol. The first-order valence-corrected chi connectivity index (χ1v) is 11.5. The zero-order valence-corrected chi connectivity index (χ0v) is 18.1. The fourth-order valence-electron chi connectivity index (χ4n) is 6.85. The molecule has 2 bridgehead atoms. The van der Waals surface area contributed by atoms with E-state index in [-0.39, 0.29) is 42.0 Å². The van der Waals surface area contributed by atoms with Gasteiger partial charge >= 0.3 is 0 Å². The summed E-state index contributed by atoms with van der Waals surface area (Å²) in [5.41, 5.74) is -0.0465. The Kier molecular flexibility index (Phi) is 4.16. The first-order chi connectivity index (χ1) is 15.4. The van der Waals surface area contributed by atoms with Crippen LogP contribution >= 0.6 is 0 Å². The van der Waals surface area contributed by atoms with Crippen LogP contribution in [0.25, 0.3) is 0 Å². The summed E-state index contributed by atoms with van der Waals surface area (Å²) in [6.45, 7) is 0.726. The molecule has 6 rings (SSSR count). The van der Waals surface area contributed by atoms with Crippen LogP contribution in [-0.2, 0) is 14.4 Å². The Bertz CT molecular complexity index is 1000. The molecule has 0 unspecified atom stereocenters. The Hall–Kier alpha value is -2.97. The van der Waals surface area contributed by atoms with Crippen LogP contribution in [0.5, 0.6) is 0 Å². The van der Waals surface area contributed by atoms with Gasteiger partial charge in [0.15, 0.2) is 0 Å². The van der Waals surface area contributed by atoms with Crippen LogP contribution in [0.4, 0.5) is 5.82 Å². The van der Waals surface area contributed by atoms with Crippen molar-refractivity contribution in [1.82, 2.24) is 20.1 Å². The molecule has 4 amide bonds. The van der Waals surface area contributed by atoms with Crippen LogP contribution in [0.2, 0.25) is 0 Å². The largest absolute Gasteiger partial charge is 0.341 e. The predicted molar refractivity (Wildman–Crippen MR) is 113 cm³/mol. The molecule has 1 spiro atoms. The highest BCUT2D eigenvalue weighted by Crippen LogP contribution is 2.56. The number of carbonyl (C=O) groups is 4. The van der Waals surface area contributed by atoms with E-state index in [1.807, 2.05) is 11.9 Å². The second kappa shape index (κ2) is 6.76. The fourth-order valence-corrected chi connectivity index (χ4v) is 6.85. The van der Waals surface area contributed by atoms with E-state index in [1.54, 1.807) is 23.2 Å². The van der Waals surface area contributed by atoms with Gasteiger partial charge in [-0.25, -0.2) is 4.98 Å². The number of nitrogens with zero attached hydrogens (tertiary/aromatic N) is 4. The number of piperidine rings is 1. The topological polar surface area (TPSA) is 103 Å². The quantitative estimate of drug-likeness (QED) is 0.680. The van der Waals surface area contributed by atoms with Gasteiger partial charge in [-0.2, -0.15) is 0 Å². The Labute approximate surface area is 186 Å². The second-order valence-corrected chi connectivity index (χ2v) is 9.95. The van der Waals surface area contributed by atoms with E-state index in [0.717, 1.165) is 19.3 Å². The summed E-state index contributed by atoms with van der Waals surface area (Å²) in [4.78, 5) is 60.8. The summed E-state index contributed by atoms with van der Waals surface area (Å²) in [5.74, 6) is 0.251. The average Bonchev–Trinajstić information content (AvgIpc) is 3.48. The molecule has 4 atom stereocenters. The zero-order chi connectivity index (χ0) is 22.2. The molecule has 9 nitrogen and oxygen atoms in total. The first-order valence-electron chi connectivity index (χ1n) is 11.5. The summed E-state index contributed by atoms with van der Waals surface area (Å²) in [6.07, 6.45) is 5.81. The molecule has 4 heterocycles. The predicted octanol–water partition coefficient (Wildman–Crippen LogP) is 0.611. The summed E-state index contributed by atoms with van der Waals surface area (Å²) >= 11 is 0.